The van der Waals surface area contributed by atoms with Crippen molar-refractivity contribution in [1.29, 1.82) is 0 Å². The molecule has 3 heterocycles. The molecule has 0 amide bonds. The van der Waals surface area contributed by atoms with E-state index in [1.54, 1.807) is 18.6 Å². The molecule has 0 aliphatic rings. The van der Waals surface area contributed by atoms with Crippen molar-refractivity contribution in [3.8, 4) is 11.4 Å². The molecule has 0 atom stereocenters. The van der Waals surface area contributed by atoms with Crippen LogP contribution in [0.2, 0.25) is 0 Å². The van der Waals surface area contributed by atoms with Gasteiger partial charge < -0.3 is 0 Å². The quantitative estimate of drug-likeness (QED) is 0.528. The first kappa shape index (κ1) is 9.29. The maximum absolute atomic E-state index is 4.46. The third-order valence-corrected chi connectivity index (χ3v) is 2.92. The monoisotopic (exact) mass is 236 g/mol. The van der Waals surface area contributed by atoms with Gasteiger partial charge in [-0.15, -0.1) is 0 Å². The van der Waals surface area contributed by atoms with E-state index in [9.17, 15) is 0 Å². The molecule has 0 bridgehead atoms. The van der Waals surface area contributed by atoms with Crippen molar-refractivity contribution in [2.45, 2.75) is 0 Å². The number of rotatable bonds is 1. The van der Waals surface area contributed by atoms with Crippen LogP contribution in [0.3, 0.4) is 0 Å². The molecule has 6 heteroatoms. The van der Waals surface area contributed by atoms with E-state index < -0.39 is 0 Å². The molecule has 0 radical (unpaired) electrons. The topological polar surface area (TPSA) is 83.1 Å². The van der Waals surface area contributed by atoms with Gasteiger partial charge in [0.2, 0.25) is 0 Å². The van der Waals surface area contributed by atoms with E-state index in [2.05, 4.69) is 30.4 Å². The number of nitrogens with zero attached hydrogens (tertiary/aromatic N) is 4. The fourth-order valence-corrected chi connectivity index (χ4v) is 2.03. The van der Waals surface area contributed by atoms with Crippen molar-refractivity contribution < 1.29 is 0 Å². The van der Waals surface area contributed by atoms with E-state index in [4.69, 9.17) is 0 Å². The van der Waals surface area contributed by atoms with Crippen LogP contribution in [0.15, 0.2) is 36.8 Å². The highest BCUT2D eigenvalue weighted by molar-refractivity contribution is 5.93. The molecule has 0 spiro atoms. The molecular weight excluding hydrogens is 228 g/mol. The molecule has 0 aliphatic heterocycles. The minimum absolute atomic E-state index is 0.666. The molecule has 4 aromatic rings. The van der Waals surface area contributed by atoms with Crippen molar-refractivity contribution in [3.63, 3.8) is 0 Å². The number of hydrogen-bond acceptors (Lipinski definition) is 4. The fraction of sp³-hybridized carbons (Fsp3) is 0. The van der Waals surface area contributed by atoms with E-state index >= 15 is 0 Å². The number of nitrogens with one attached hydrogen (secondary N) is 2. The first-order chi connectivity index (χ1) is 8.92. The van der Waals surface area contributed by atoms with E-state index in [1.807, 2.05) is 18.2 Å². The molecule has 0 aliphatic carbocycles. The van der Waals surface area contributed by atoms with Crippen LogP contribution >= 0.6 is 0 Å². The molecule has 0 saturated heterocycles. The third-order valence-electron chi connectivity index (χ3n) is 2.92. The molecule has 2 N–H and O–H groups in total. The van der Waals surface area contributed by atoms with Crippen molar-refractivity contribution >= 4 is 21.9 Å². The smallest absolute Gasteiger partial charge is 0.162 e. The van der Waals surface area contributed by atoms with E-state index in [1.165, 1.54) is 0 Å². The minimum Gasteiger partial charge on any atom is -0.278 e. The lowest BCUT2D eigenvalue weighted by Crippen LogP contribution is -1.89. The third kappa shape index (κ3) is 1.22. The Labute approximate surface area is 101 Å². The van der Waals surface area contributed by atoms with Gasteiger partial charge in [-0.2, -0.15) is 10.2 Å². The number of hydrogen-bond donors (Lipinski definition) is 2. The van der Waals surface area contributed by atoms with Gasteiger partial charge in [-0.05, 0) is 6.07 Å². The summed E-state index contributed by atoms with van der Waals surface area (Å²) in [6, 6.07) is 5.91. The van der Waals surface area contributed by atoms with Crippen molar-refractivity contribution in [1.82, 2.24) is 30.4 Å². The highest BCUT2D eigenvalue weighted by Crippen LogP contribution is 2.25. The summed E-state index contributed by atoms with van der Waals surface area (Å²) in [5.41, 5.74) is 2.67. The lowest BCUT2D eigenvalue weighted by molar-refractivity contribution is 1.09. The number of H-pyrrole nitrogens is 2. The average molecular weight is 236 g/mol. The van der Waals surface area contributed by atoms with Gasteiger partial charge in [-0.25, -0.2) is 9.97 Å². The van der Waals surface area contributed by atoms with Gasteiger partial charge in [0.1, 0.15) is 0 Å². The molecule has 0 saturated carbocycles. The van der Waals surface area contributed by atoms with Crippen molar-refractivity contribution in [2.75, 3.05) is 0 Å². The second-order valence-electron chi connectivity index (χ2n) is 4.00. The van der Waals surface area contributed by atoms with E-state index in [0.717, 1.165) is 27.5 Å². The highest BCUT2D eigenvalue weighted by Gasteiger charge is 2.09. The molecule has 6 nitrogen and oxygen atoms in total. The number of aromatic nitrogens is 6. The normalized spacial score (nSPS) is 11.3. The SMILES string of the molecule is c1cc(-c2ncc3cn[nH]c3n2)c2cn[nH]c2c1. The summed E-state index contributed by atoms with van der Waals surface area (Å²) in [5, 5.41) is 15.7. The predicted octanol–water partition coefficient (Wildman–Crippen LogP) is 1.90. The Kier molecular flexibility index (Phi) is 1.74. The molecule has 3 aromatic heterocycles. The number of fused-ring (bicyclic) bond motifs is 2. The summed E-state index contributed by atoms with van der Waals surface area (Å²) in [7, 11) is 0. The van der Waals surface area contributed by atoms with Gasteiger partial charge in [-0.1, -0.05) is 12.1 Å². The zero-order chi connectivity index (χ0) is 11.9. The molecular formula is C12H8N6. The summed E-state index contributed by atoms with van der Waals surface area (Å²) in [6.45, 7) is 0. The minimum atomic E-state index is 0.666. The zero-order valence-electron chi connectivity index (χ0n) is 9.25. The van der Waals surface area contributed by atoms with E-state index in [-0.39, 0.29) is 0 Å². The largest absolute Gasteiger partial charge is 0.278 e. The molecule has 0 fully saturated rings. The Balaban J connectivity index is 2.03. The second-order valence-corrected chi connectivity index (χ2v) is 4.00. The Bertz CT molecular complexity index is 844. The number of benzene rings is 1. The Morgan fingerprint density at radius 1 is 0.944 bits per heavy atom. The lowest BCUT2D eigenvalue weighted by atomic mass is 10.1. The predicted molar refractivity (Wildman–Crippen MR) is 66.8 cm³/mol. The van der Waals surface area contributed by atoms with Crippen LogP contribution < -0.4 is 0 Å². The van der Waals surface area contributed by atoms with Crippen molar-refractivity contribution in [3.05, 3.63) is 36.8 Å². The first-order valence-corrected chi connectivity index (χ1v) is 5.50. The summed E-state index contributed by atoms with van der Waals surface area (Å²) < 4.78 is 0. The molecule has 1 aromatic carbocycles. The van der Waals surface area contributed by atoms with Gasteiger partial charge >= 0.3 is 0 Å². The Morgan fingerprint density at radius 3 is 2.89 bits per heavy atom. The van der Waals surface area contributed by atoms with Crippen LogP contribution in [0.4, 0.5) is 0 Å². The van der Waals surface area contributed by atoms with Crippen LogP contribution in [-0.4, -0.2) is 30.4 Å². The fourth-order valence-electron chi connectivity index (χ4n) is 2.03. The van der Waals surface area contributed by atoms with E-state index in [0.29, 0.717) is 5.82 Å². The first-order valence-electron chi connectivity index (χ1n) is 5.50. The lowest BCUT2D eigenvalue weighted by Gasteiger charge is -2.00. The van der Waals surface area contributed by atoms with Crippen LogP contribution in [0.1, 0.15) is 0 Å². The Morgan fingerprint density at radius 2 is 1.89 bits per heavy atom. The van der Waals surface area contributed by atoms with Crippen LogP contribution in [0, 0.1) is 0 Å². The van der Waals surface area contributed by atoms with Gasteiger partial charge in [0.05, 0.1) is 23.3 Å². The standard InChI is InChI=1S/C12H8N6/c1-2-8(9-6-15-17-10(9)3-1)12-13-4-7-5-14-18-11(7)16-12/h1-6H,(H,15,17)(H,13,14,16,18). The summed E-state index contributed by atoms with van der Waals surface area (Å²) in [6.07, 6.45) is 5.25. The summed E-state index contributed by atoms with van der Waals surface area (Å²) in [4.78, 5) is 8.83. The maximum Gasteiger partial charge on any atom is 0.162 e. The highest BCUT2D eigenvalue weighted by atomic mass is 15.1. The molecule has 4 rings (SSSR count). The van der Waals surface area contributed by atoms with Gasteiger partial charge in [0.15, 0.2) is 11.5 Å². The van der Waals surface area contributed by atoms with Crippen LogP contribution in [-0.2, 0) is 0 Å². The van der Waals surface area contributed by atoms with Gasteiger partial charge in [-0.3, -0.25) is 10.2 Å². The van der Waals surface area contributed by atoms with Crippen molar-refractivity contribution in [2.24, 2.45) is 0 Å². The average Bonchev–Trinajstić information content (AvgIpc) is 3.05. The summed E-state index contributed by atoms with van der Waals surface area (Å²) >= 11 is 0. The van der Waals surface area contributed by atoms with Gasteiger partial charge in [0.25, 0.3) is 0 Å². The molecule has 86 valence electrons. The van der Waals surface area contributed by atoms with Crippen LogP contribution in [0.25, 0.3) is 33.3 Å². The molecule has 18 heavy (non-hydrogen) atoms. The zero-order valence-corrected chi connectivity index (χ0v) is 9.25. The number of aromatic amines is 2. The van der Waals surface area contributed by atoms with Gasteiger partial charge in [0, 0.05) is 17.1 Å². The molecule has 0 unspecified atom stereocenters. The summed E-state index contributed by atoms with van der Waals surface area (Å²) in [5.74, 6) is 0.666. The maximum atomic E-state index is 4.46. The van der Waals surface area contributed by atoms with Crippen LogP contribution in [0.5, 0.6) is 0 Å². The Hall–Kier alpha value is -2.76. The second kappa shape index (κ2) is 3.36.